The van der Waals surface area contributed by atoms with Gasteiger partial charge in [-0.15, -0.1) is 0 Å². The van der Waals surface area contributed by atoms with Crippen LogP contribution in [0.5, 0.6) is 0 Å². The number of rotatable bonds is 4. The molecule has 1 aliphatic rings. The fourth-order valence-electron chi connectivity index (χ4n) is 2.46. The Kier molecular flexibility index (Phi) is 4.32. The van der Waals surface area contributed by atoms with Gasteiger partial charge in [-0.2, -0.15) is 0 Å². The number of likely N-dealkylation sites (N-methyl/N-ethyl adjacent to an activating group) is 1. The zero-order chi connectivity index (χ0) is 13.8. The average molecular weight is 260 g/mol. The second-order valence-corrected chi connectivity index (χ2v) is 5.16. The number of likely N-dealkylation sites (tertiary alicyclic amines) is 1. The molecule has 0 radical (unpaired) electrons. The summed E-state index contributed by atoms with van der Waals surface area (Å²) >= 11 is 0. The Balaban J connectivity index is 2.10. The van der Waals surface area contributed by atoms with Crippen LogP contribution >= 0.6 is 0 Å². The van der Waals surface area contributed by atoms with Crippen LogP contribution in [-0.2, 0) is 9.59 Å². The van der Waals surface area contributed by atoms with E-state index in [1.54, 1.807) is 0 Å². The molecule has 1 aromatic carbocycles. The van der Waals surface area contributed by atoms with Gasteiger partial charge in [0, 0.05) is 19.4 Å². The van der Waals surface area contributed by atoms with Crippen molar-refractivity contribution in [3.05, 3.63) is 35.9 Å². The number of carbonyl (C=O) groups excluding carboxylic acids is 2. The summed E-state index contributed by atoms with van der Waals surface area (Å²) in [6.07, 6.45) is 0.938. The number of hydrogen-bond donors (Lipinski definition) is 1. The molecular weight excluding hydrogens is 240 g/mol. The second-order valence-electron chi connectivity index (χ2n) is 5.16. The predicted octanol–water partition coefficient (Wildman–Crippen LogP) is 1.73. The number of nitrogens with one attached hydrogen (secondary N) is 1. The maximum atomic E-state index is 12.0. The molecule has 1 saturated heterocycles. The normalized spacial score (nSPS) is 18.7. The molecule has 4 heteroatoms. The highest BCUT2D eigenvalue weighted by Crippen LogP contribution is 2.22. The van der Waals surface area contributed by atoms with Crippen LogP contribution < -0.4 is 5.32 Å². The van der Waals surface area contributed by atoms with Gasteiger partial charge < -0.3 is 5.32 Å². The van der Waals surface area contributed by atoms with E-state index in [-0.39, 0.29) is 23.8 Å². The molecule has 19 heavy (non-hydrogen) atoms. The van der Waals surface area contributed by atoms with Crippen LogP contribution in [0.2, 0.25) is 0 Å². The number of amides is 2. The summed E-state index contributed by atoms with van der Waals surface area (Å²) in [6, 6.07) is 9.87. The maximum Gasteiger partial charge on any atom is 0.229 e. The van der Waals surface area contributed by atoms with E-state index in [2.05, 4.69) is 5.32 Å². The van der Waals surface area contributed by atoms with Crippen LogP contribution in [0.1, 0.15) is 31.4 Å². The van der Waals surface area contributed by atoms with Crippen molar-refractivity contribution in [3.63, 3.8) is 0 Å². The van der Waals surface area contributed by atoms with Gasteiger partial charge in [0.25, 0.3) is 0 Å². The smallest absolute Gasteiger partial charge is 0.229 e. The third-order valence-electron chi connectivity index (χ3n) is 3.56. The topological polar surface area (TPSA) is 49.4 Å². The second kappa shape index (κ2) is 5.97. The Morgan fingerprint density at radius 2 is 1.79 bits per heavy atom. The van der Waals surface area contributed by atoms with Crippen molar-refractivity contribution in [2.24, 2.45) is 5.92 Å². The molecule has 1 fully saturated rings. The minimum atomic E-state index is -0.0556. The molecule has 0 spiro atoms. The molecule has 1 heterocycles. The van der Waals surface area contributed by atoms with Gasteiger partial charge in [0.2, 0.25) is 11.8 Å². The molecule has 0 saturated carbocycles. The lowest BCUT2D eigenvalue weighted by molar-refractivity contribution is -0.150. The highest BCUT2D eigenvalue weighted by Gasteiger charge is 2.31. The minimum absolute atomic E-state index is 0.0116. The van der Waals surface area contributed by atoms with Gasteiger partial charge in [0.1, 0.15) is 0 Å². The van der Waals surface area contributed by atoms with Gasteiger partial charge in [-0.3, -0.25) is 14.5 Å². The fourth-order valence-corrected chi connectivity index (χ4v) is 2.46. The number of imide groups is 1. The Morgan fingerprint density at radius 3 is 2.32 bits per heavy atom. The fraction of sp³-hybridized carbons (Fsp3) is 0.467. The van der Waals surface area contributed by atoms with E-state index in [0.717, 1.165) is 5.56 Å². The van der Waals surface area contributed by atoms with Gasteiger partial charge in [0.05, 0.1) is 6.04 Å². The minimum Gasteiger partial charge on any atom is -0.312 e. The van der Waals surface area contributed by atoms with Crippen molar-refractivity contribution < 1.29 is 9.59 Å². The molecule has 0 bridgehead atoms. The monoisotopic (exact) mass is 260 g/mol. The zero-order valence-electron chi connectivity index (χ0n) is 11.4. The number of hydrogen-bond acceptors (Lipinski definition) is 3. The van der Waals surface area contributed by atoms with E-state index >= 15 is 0 Å². The summed E-state index contributed by atoms with van der Waals surface area (Å²) in [7, 11) is 1.85. The Labute approximate surface area is 113 Å². The van der Waals surface area contributed by atoms with Gasteiger partial charge in [-0.25, -0.2) is 0 Å². The van der Waals surface area contributed by atoms with Crippen LogP contribution in [0.4, 0.5) is 0 Å². The van der Waals surface area contributed by atoms with Gasteiger partial charge in [-0.1, -0.05) is 37.3 Å². The van der Waals surface area contributed by atoms with Crippen LogP contribution in [0.15, 0.2) is 30.3 Å². The van der Waals surface area contributed by atoms with E-state index < -0.39 is 0 Å². The Hall–Kier alpha value is -1.68. The quantitative estimate of drug-likeness (QED) is 0.839. The van der Waals surface area contributed by atoms with Crippen molar-refractivity contribution in [1.29, 1.82) is 0 Å². The zero-order valence-corrected chi connectivity index (χ0v) is 11.4. The highest BCUT2D eigenvalue weighted by molar-refractivity contribution is 5.97. The summed E-state index contributed by atoms with van der Waals surface area (Å²) in [5.74, 6) is 0.0564. The Bertz CT molecular complexity index is 440. The lowest BCUT2D eigenvalue weighted by atomic mass is 9.96. The summed E-state index contributed by atoms with van der Waals surface area (Å²) in [4.78, 5) is 25.3. The molecule has 1 atom stereocenters. The number of nitrogens with zero attached hydrogens (tertiary/aromatic N) is 1. The molecule has 0 aliphatic carbocycles. The van der Waals surface area contributed by atoms with E-state index in [0.29, 0.717) is 19.4 Å². The third kappa shape index (κ3) is 3.20. The maximum absolute atomic E-state index is 12.0. The van der Waals surface area contributed by atoms with E-state index in [4.69, 9.17) is 0 Å². The van der Waals surface area contributed by atoms with E-state index in [1.807, 2.05) is 44.3 Å². The SMILES string of the molecule is CNC(CN1C(=O)CC(C)CC1=O)c1ccccc1. The summed E-state index contributed by atoms with van der Waals surface area (Å²) < 4.78 is 0. The highest BCUT2D eigenvalue weighted by atomic mass is 16.2. The largest absolute Gasteiger partial charge is 0.312 e. The first kappa shape index (κ1) is 13.7. The Morgan fingerprint density at radius 1 is 1.21 bits per heavy atom. The van der Waals surface area contributed by atoms with Crippen LogP contribution in [0.3, 0.4) is 0 Å². The molecule has 1 aromatic rings. The number of carbonyl (C=O) groups is 2. The molecule has 1 N–H and O–H groups in total. The molecule has 2 amide bonds. The van der Waals surface area contributed by atoms with Crippen molar-refractivity contribution in [2.45, 2.75) is 25.8 Å². The molecule has 1 aliphatic heterocycles. The first-order valence-electron chi connectivity index (χ1n) is 6.67. The van der Waals surface area contributed by atoms with E-state index in [1.165, 1.54) is 4.90 Å². The van der Waals surface area contributed by atoms with Crippen LogP contribution in [0.25, 0.3) is 0 Å². The molecule has 2 rings (SSSR count). The predicted molar refractivity (Wildman–Crippen MR) is 73.4 cm³/mol. The summed E-state index contributed by atoms with van der Waals surface area (Å²) in [5.41, 5.74) is 1.09. The number of piperidine rings is 1. The van der Waals surface area contributed by atoms with Crippen LogP contribution in [-0.4, -0.2) is 30.3 Å². The van der Waals surface area contributed by atoms with Gasteiger partial charge >= 0.3 is 0 Å². The van der Waals surface area contributed by atoms with Crippen molar-refractivity contribution in [2.75, 3.05) is 13.6 Å². The standard InChI is InChI=1S/C15H20N2O2/c1-11-8-14(18)17(15(19)9-11)10-13(16-2)12-6-4-3-5-7-12/h3-7,11,13,16H,8-10H2,1-2H3. The number of benzene rings is 1. The third-order valence-corrected chi connectivity index (χ3v) is 3.56. The summed E-state index contributed by atoms with van der Waals surface area (Å²) in [6.45, 7) is 2.35. The van der Waals surface area contributed by atoms with E-state index in [9.17, 15) is 9.59 Å². The molecule has 102 valence electrons. The van der Waals surface area contributed by atoms with Crippen molar-refractivity contribution in [1.82, 2.24) is 10.2 Å². The first-order chi connectivity index (χ1) is 9.11. The van der Waals surface area contributed by atoms with Gasteiger partial charge in [0.15, 0.2) is 0 Å². The first-order valence-corrected chi connectivity index (χ1v) is 6.67. The molecular formula is C15H20N2O2. The average Bonchev–Trinajstić information content (AvgIpc) is 2.39. The van der Waals surface area contributed by atoms with Crippen molar-refractivity contribution >= 4 is 11.8 Å². The molecule has 4 nitrogen and oxygen atoms in total. The lowest BCUT2D eigenvalue weighted by Gasteiger charge is -2.31. The molecule has 1 unspecified atom stereocenters. The van der Waals surface area contributed by atoms with Crippen molar-refractivity contribution in [3.8, 4) is 0 Å². The van der Waals surface area contributed by atoms with Crippen LogP contribution in [0, 0.1) is 5.92 Å². The van der Waals surface area contributed by atoms with Gasteiger partial charge in [-0.05, 0) is 18.5 Å². The molecule has 0 aromatic heterocycles. The lowest BCUT2D eigenvalue weighted by Crippen LogP contribution is -2.46. The summed E-state index contributed by atoms with van der Waals surface area (Å²) in [5, 5.41) is 3.17.